The molecule has 6 nitrogen and oxygen atoms in total. The van der Waals surface area contributed by atoms with Crippen LogP contribution in [0.25, 0.3) is 0 Å². The van der Waals surface area contributed by atoms with Crippen LogP contribution in [-0.4, -0.2) is 20.6 Å². The summed E-state index contributed by atoms with van der Waals surface area (Å²) in [6.45, 7) is 1.81. The van der Waals surface area contributed by atoms with E-state index in [1.54, 1.807) is 30.3 Å². The van der Waals surface area contributed by atoms with E-state index in [1.807, 2.05) is 36.6 Å². The zero-order chi connectivity index (χ0) is 21.6. The highest BCUT2D eigenvalue weighted by atomic mass is 32.2. The van der Waals surface area contributed by atoms with Crippen LogP contribution in [0.2, 0.25) is 0 Å². The summed E-state index contributed by atoms with van der Waals surface area (Å²) in [5.74, 6) is 0.373. The summed E-state index contributed by atoms with van der Waals surface area (Å²) in [7, 11) is -3.82. The number of carbonyl (C=O) groups excluding carboxylic acids is 1. The van der Waals surface area contributed by atoms with E-state index >= 15 is 0 Å². The molecule has 0 saturated heterocycles. The fourth-order valence-corrected chi connectivity index (χ4v) is 4.33. The van der Waals surface area contributed by atoms with E-state index in [0.717, 1.165) is 10.5 Å². The van der Waals surface area contributed by atoms with Crippen molar-refractivity contribution in [2.75, 3.05) is 16.3 Å². The molecule has 0 aliphatic carbocycles. The number of hydrogen-bond acceptors (Lipinski definition) is 5. The van der Waals surface area contributed by atoms with Crippen LogP contribution >= 0.6 is 11.8 Å². The highest BCUT2D eigenvalue weighted by Crippen LogP contribution is 2.29. The topological polar surface area (TPSA) is 84.5 Å². The van der Waals surface area contributed by atoms with Gasteiger partial charge in [-0.1, -0.05) is 30.3 Å². The summed E-state index contributed by atoms with van der Waals surface area (Å²) in [4.78, 5) is 12.3. The van der Waals surface area contributed by atoms with Crippen LogP contribution in [0.4, 0.5) is 11.4 Å². The van der Waals surface area contributed by atoms with Crippen LogP contribution < -0.4 is 14.8 Å². The maximum Gasteiger partial charge on any atom is 0.261 e. The molecule has 0 radical (unpaired) electrons. The SMILES string of the molecule is CSc1ccc(S(=O)(=O)Nc2ccc(OCc3ccccc3)cc2)cc1NC(C)=O. The number of nitrogens with one attached hydrogen (secondary N) is 2. The molecule has 0 fully saturated rings. The number of ether oxygens (including phenoxy) is 1. The summed E-state index contributed by atoms with van der Waals surface area (Å²) in [5.41, 5.74) is 1.92. The Balaban J connectivity index is 1.71. The van der Waals surface area contributed by atoms with Gasteiger partial charge in [-0.2, -0.15) is 0 Å². The minimum Gasteiger partial charge on any atom is -0.489 e. The van der Waals surface area contributed by atoms with E-state index in [9.17, 15) is 13.2 Å². The van der Waals surface area contributed by atoms with E-state index in [2.05, 4.69) is 10.0 Å². The molecule has 0 unspecified atom stereocenters. The van der Waals surface area contributed by atoms with Gasteiger partial charge in [-0.25, -0.2) is 8.42 Å². The third kappa shape index (κ3) is 5.77. The van der Waals surface area contributed by atoms with Crippen LogP contribution in [0.5, 0.6) is 5.75 Å². The molecule has 0 aliphatic heterocycles. The Hall–Kier alpha value is -2.97. The van der Waals surface area contributed by atoms with Crippen molar-refractivity contribution in [2.24, 2.45) is 0 Å². The molecule has 156 valence electrons. The molecule has 0 spiro atoms. The lowest BCUT2D eigenvalue weighted by Crippen LogP contribution is -2.14. The summed E-state index contributed by atoms with van der Waals surface area (Å²) in [5, 5.41) is 2.67. The lowest BCUT2D eigenvalue weighted by atomic mass is 10.2. The van der Waals surface area contributed by atoms with Crippen molar-refractivity contribution in [3.8, 4) is 5.75 Å². The van der Waals surface area contributed by atoms with Crippen molar-refractivity contribution in [3.63, 3.8) is 0 Å². The van der Waals surface area contributed by atoms with Crippen molar-refractivity contribution in [3.05, 3.63) is 78.4 Å². The zero-order valence-corrected chi connectivity index (χ0v) is 18.2. The smallest absolute Gasteiger partial charge is 0.261 e. The number of rotatable bonds is 8. The molecule has 30 heavy (non-hydrogen) atoms. The number of anilines is 2. The Morgan fingerprint density at radius 1 is 1.00 bits per heavy atom. The predicted octanol–water partition coefficient (Wildman–Crippen LogP) is 4.75. The van der Waals surface area contributed by atoms with E-state index in [-0.39, 0.29) is 10.8 Å². The van der Waals surface area contributed by atoms with E-state index in [4.69, 9.17) is 4.74 Å². The van der Waals surface area contributed by atoms with Crippen molar-refractivity contribution in [1.29, 1.82) is 0 Å². The summed E-state index contributed by atoms with van der Waals surface area (Å²) < 4.78 is 33.8. The van der Waals surface area contributed by atoms with Crippen molar-refractivity contribution in [2.45, 2.75) is 23.3 Å². The Morgan fingerprint density at radius 2 is 1.70 bits per heavy atom. The minimum absolute atomic E-state index is 0.0634. The molecule has 3 rings (SSSR count). The molecule has 0 aliphatic rings. The maximum absolute atomic E-state index is 12.8. The van der Waals surface area contributed by atoms with Gasteiger partial charge in [0.2, 0.25) is 5.91 Å². The molecule has 0 bridgehead atoms. The second-order valence-electron chi connectivity index (χ2n) is 6.45. The average Bonchev–Trinajstić information content (AvgIpc) is 2.73. The quantitative estimate of drug-likeness (QED) is 0.492. The molecular weight excluding hydrogens is 420 g/mol. The number of carbonyl (C=O) groups is 1. The van der Waals surface area contributed by atoms with Gasteiger partial charge in [-0.3, -0.25) is 9.52 Å². The predicted molar refractivity (Wildman–Crippen MR) is 121 cm³/mol. The number of hydrogen-bond donors (Lipinski definition) is 2. The minimum atomic E-state index is -3.82. The van der Waals surface area contributed by atoms with Crippen LogP contribution in [0.1, 0.15) is 12.5 Å². The number of sulfonamides is 1. The number of amides is 1. The van der Waals surface area contributed by atoms with Gasteiger partial charge in [0.1, 0.15) is 12.4 Å². The molecule has 0 heterocycles. The summed E-state index contributed by atoms with van der Waals surface area (Å²) >= 11 is 1.42. The lowest BCUT2D eigenvalue weighted by Gasteiger charge is -2.13. The Labute approximate surface area is 180 Å². The first-order chi connectivity index (χ1) is 14.4. The maximum atomic E-state index is 12.8. The van der Waals surface area contributed by atoms with Gasteiger partial charge in [0.25, 0.3) is 10.0 Å². The Bertz CT molecular complexity index is 1120. The van der Waals surface area contributed by atoms with Crippen LogP contribution in [0, 0.1) is 0 Å². The van der Waals surface area contributed by atoms with Gasteiger partial charge in [0, 0.05) is 17.5 Å². The highest BCUT2D eigenvalue weighted by molar-refractivity contribution is 7.98. The standard InChI is InChI=1S/C22H22N2O4S2/c1-16(25)23-21-14-20(12-13-22(21)29-2)30(26,27)24-18-8-10-19(11-9-18)28-15-17-6-4-3-5-7-17/h3-14,24H,15H2,1-2H3,(H,23,25). The monoisotopic (exact) mass is 442 g/mol. The molecule has 0 saturated carbocycles. The van der Waals surface area contributed by atoms with Crippen LogP contribution in [0.15, 0.2) is 82.6 Å². The number of thioether (sulfide) groups is 1. The number of benzene rings is 3. The largest absolute Gasteiger partial charge is 0.489 e. The van der Waals surface area contributed by atoms with Crippen molar-refractivity contribution in [1.82, 2.24) is 0 Å². The normalized spacial score (nSPS) is 11.0. The Kier molecular flexibility index (Phi) is 7.02. The van der Waals surface area contributed by atoms with E-state index in [0.29, 0.717) is 23.7 Å². The molecule has 0 atom stereocenters. The summed E-state index contributed by atoms with van der Waals surface area (Å²) in [6.07, 6.45) is 1.86. The molecular formula is C22H22N2O4S2. The van der Waals surface area contributed by atoms with Gasteiger partial charge in [-0.15, -0.1) is 11.8 Å². The summed E-state index contributed by atoms with van der Waals surface area (Å²) in [6, 6.07) is 21.1. The fraction of sp³-hybridized carbons (Fsp3) is 0.136. The van der Waals surface area contributed by atoms with Crippen molar-refractivity contribution < 1.29 is 17.9 Å². The fourth-order valence-electron chi connectivity index (χ4n) is 2.72. The molecule has 8 heteroatoms. The van der Waals surface area contributed by atoms with Gasteiger partial charge in [0.15, 0.2) is 0 Å². The lowest BCUT2D eigenvalue weighted by molar-refractivity contribution is -0.114. The first-order valence-corrected chi connectivity index (χ1v) is 11.8. The third-order valence-electron chi connectivity index (χ3n) is 4.15. The van der Waals surface area contributed by atoms with Gasteiger partial charge in [-0.05, 0) is 54.3 Å². The Morgan fingerprint density at radius 3 is 2.33 bits per heavy atom. The second kappa shape index (κ2) is 9.69. The van der Waals surface area contributed by atoms with Gasteiger partial charge < -0.3 is 10.1 Å². The van der Waals surface area contributed by atoms with Crippen LogP contribution in [0.3, 0.4) is 0 Å². The molecule has 3 aromatic rings. The molecule has 2 N–H and O–H groups in total. The first-order valence-electron chi connectivity index (χ1n) is 9.12. The zero-order valence-electron chi connectivity index (χ0n) is 16.6. The molecule has 1 amide bonds. The second-order valence-corrected chi connectivity index (χ2v) is 8.98. The van der Waals surface area contributed by atoms with E-state index < -0.39 is 10.0 Å². The van der Waals surface area contributed by atoms with Crippen molar-refractivity contribution >= 4 is 39.1 Å². The first kappa shape index (κ1) is 21.7. The van der Waals surface area contributed by atoms with Gasteiger partial charge >= 0.3 is 0 Å². The third-order valence-corrected chi connectivity index (χ3v) is 6.32. The van der Waals surface area contributed by atoms with Crippen LogP contribution in [-0.2, 0) is 21.4 Å². The molecule has 0 aromatic heterocycles. The molecule has 3 aromatic carbocycles. The van der Waals surface area contributed by atoms with E-state index in [1.165, 1.54) is 30.8 Å². The van der Waals surface area contributed by atoms with Gasteiger partial charge in [0.05, 0.1) is 10.6 Å². The average molecular weight is 443 g/mol. The highest BCUT2D eigenvalue weighted by Gasteiger charge is 2.17.